The summed E-state index contributed by atoms with van der Waals surface area (Å²) in [6, 6.07) is 9.99. The zero-order chi connectivity index (χ0) is 18.9. The van der Waals surface area contributed by atoms with E-state index in [2.05, 4.69) is 21.7 Å². The van der Waals surface area contributed by atoms with E-state index in [1.54, 1.807) is 6.26 Å². The van der Waals surface area contributed by atoms with Crippen molar-refractivity contribution in [3.8, 4) is 11.5 Å². The van der Waals surface area contributed by atoms with Crippen molar-refractivity contribution in [3.05, 3.63) is 42.3 Å². The number of piperazine rings is 1. The smallest absolute Gasteiger partial charge is 0.226 e. The first-order valence-corrected chi connectivity index (χ1v) is 11.6. The van der Waals surface area contributed by atoms with Crippen LogP contribution in [0.5, 0.6) is 0 Å². The number of sulfone groups is 1. The van der Waals surface area contributed by atoms with Crippen LogP contribution >= 0.6 is 0 Å². The van der Waals surface area contributed by atoms with E-state index in [9.17, 15) is 8.42 Å². The molecule has 0 aliphatic carbocycles. The van der Waals surface area contributed by atoms with E-state index in [1.165, 1.54) is 0 Å². The Morgan fingerprint density at radius 1 is 1.11 bits per heavy atom. The summed E-state index contributed by atoms with van der Waals surface area (Å²) in [6.45, 7) is 5.58. The highest BCUT2D eigenvalue weighted by molar-refractivity contribution is 7.91. The van der Waals surface area contributed by atoms with Gasteiger partial charge in [-0.2, -0.15) is 0 Å². The number of rotatable bonds is 6. The number of fused-ring (bicyclic) bond motifs is 1. The molecule has 7 heteroatoms. The summed E-state index contributed by atoms with van der Waals surface area (Å²) in [5, 5.41) is 0. The van der Waals surface area contributed by atoms with Gasteiger partial charge in [0, 0.05) is 37.3 Å². The average molecular weight is 390 g/mol. The number of oxazole rings is 1. The van der Waals surface area contributed by atoms with Gasteiger partial charge >= 0.3 is 0 Å². The van der Waals surface area contributed by atoms with Crippen molar-refractivity contribution in [2.75, 3.05) is 31.1 Å². The molecule has 4 rings (SSSR count). The van der Waals surface area contributed by atoms with Gasteiger partial charge in [0.25, 0.3) is 0 Å². The van der Waals surface area contributed by atoms with Crippen molar-refractivity contribution < 1.29 is 12.8 Å². The van der Waals surface area contributed by atoms with E-state index in [0.717, 1.165) is 43.7 Å². The molecule has 2 aliphatic rings. The van der Waals surface area contributed by atoms with Gasteiger partial charge in [0.2, 0.25) is 5.89 Å². The quantitative estimate of drug-likeness (QED) is 0.756. The molecule has 2 aliphatic heterocycles. The lowest BCUT2D eigenvalue weighted by Gasteiger charge is -2.43. The molecule has 2 unspecified atom stereocenters. The molecule has 2 fully saturated rings. The third-order valence-corrected chi connectivity index (χ3v) is 7.34. The molecule has 0 N–H and O–H groups in total. The average Bonchev–Trinajstić information content (AvgIpc) is 3.25. The topological polar surface area (TPSA) is 66.7 Å². The first kappa shape index (κ1) is 18.7. The molecule has 0 saturated carbocycles. The number of unbranched alkanes of at least 4 members (excludes halogenated alkanes) is 1. The summed E-state index contributed by atoms with van der Waals surface area (Å²) in [7, 11) is -2.98. The second-order valence-electron chi connectivity index (χ2n) is 7.58. The minimum atomic E-state index is -2.98. The Labute approximate surface area is 161 Å². The van der Waals surface area contributed by atoms with Gasteiger partial charge in [0.15, 0.2) is 9.84 Å². The lowest BCUT2D eigenvalue weighted by molar-refractivity contribution is 0.0389. The van der Waals surface area contributed by atoms with Gasteiger partial charge in [0.05, 0.1) is 17.2 Å². The third-order valence-electron chi connectivity index (χ3n) is 5.64. The summed E-state index contributed by atoms with van der Waals surface area (Å²) in [6.07, 6.45) is 3.95. The highest BCUT2D eigenvalue weighted by Crippen LogP contribution is 2.29. The fourth-order valence-corrected chi connectivity index (χ4v) is 6.28. The van der Waals surface area contributed by atoms with Gasteiger partial charge in [-0.25, -0.2) is 13.4 Å². The number of nitrogens with zero attached hydrogens (tertiary/aromatic N) is 3. The Hall–Kier alpha value is -1.70. The van der Waals surface area contributed by atoms with Crippen molar-refractivity contribution in [3.63, 3.8) is 0 Å². The molecule has 3 heterocycles. The lowest BCUT2D eigenvalue weighted by atomic mass is 10.0. The zero-order valence-corrected chi connectivity index (χ0v) is 16.6. The fourth-order valence-electron chi connectivity index (χ4n) is 4.23. The van der Waals surface area contributed by atoms with E-state index in [0.29, 0.717) is 12.4 Å². The monoisotopic (exact) mass is 389 g/mol. The van der Waals surface area contributed by atoms with E-state index in [1.807, 2.05) is 30.3 Å². The molecule has 2 aromatic rings. The first-order valence-electron chi connectivity index (χ1n) is 9.74. The Morgan fingerprint density at radius 2 is 1.81 bits per heavy atom. The van der Waals surface area contributed by atoms with E-state index in [4.69, 9.17) is 4.42 Å². The van der Waals surface area contributed by atoms with Crippen LogP contribution in [0.4, 0.5) is 0 Å². The standard InChI is InChI=1S/C20H27N3O3S/c1-2-3-9-22-10-11-23(19-15-27(24,25)14-18(19)22)12-17-13-26-20(21-17)16-7-5-4-6-8-16/h4-8,13,18-19H,2-3,9-12,14-15H2,1H3. The Bertz CT molecular complexity index is 866. The number of hydrogen-bond acceptors (Lipinski definition) is 6. The van der Waals surface area contributed by atoms with Crippen LogP contribution < -0.4 is 0 Å². The van der Waals surface area contributed by atoms with Crippen LogP contribution in [0.25, 0.3) is 11.5 Å². The molecule has 6 nitrogen and oxygen atoms in total. The predicted molar refractivity (Wildman–Crippen MR) is 105 cm³/mol. The normalized spacial score (nSPS) is 25.5. The molecule has 146 valence electrons. The summed E-state index contributed by atoms with van der Waals surface area (Å²) in [5.74, 6) is 1.15. The predicted octanol–water partition coefficient (Wildman–Crippen LogP) is 2.42. The third kappa shape index (κ3) is 4.10. The molecule has 0 bridgehead atoms. The molecular formula is C20H27N3O3S. The van der Waals surface area contributed by atoms with Crippen LogP contribution in [0.15, 0.2) is 41.0 Å². The lowest BCUT2D eigenvalue weighted by Crippen LogP contribution is -2.58. The number of benzene rings is 1. The second kappa shape index (κ2) is 7.73. The van der Waals surface area contributed by atoms with Gasteiger partial charge in [-0.15, -0.1) is 0 Å². The molecule has 0 spiro atoms. The van der Waals surface area contributed by atoms with Gasteiger partial charge in [-0.1, -0.05) is 31.5 Å². The van der Waals surface area contributed by atoms with Crippen molar-refractivity contribution in [1.82, 2.24) is 14.8 Å². The maximum absolute atomic E-state index is 12.3. The van der Waals surface area contributed by atoms with Crippen LogP contribution in [-0.4, -0.2) is 66.4 Å². The molecule has 27 heavy (non-hydrogen) atoms. The van der Waals surface area contributed by atoms with Crippen LogP contribution in [0.3, 0.4) is 0 Å². The van der Waals surface area contributed by atoms with E-state index in [-0.39, 0.29) is 23.6 Å². The van der Waals surface area contributed by atoms with Crippen molar-refractivity contribution in [2.45, 2.75) is 38.4 Å². The van der Waals surface area contributed by atoms with Gasteiger partial charge in [-0.05, 0) is 25.1 Å². The van der Waals surface area contributed by atoms with Crippen molar-refractivity contribution in [1.29, 1.82) is 0 Å². The van der Waals surface area contributed by atoms with Gasteiger partial charge in [0.1, 0.15) is 6.26 Å². The highest BCUT2D eigenvalue weighted by Gasteiger charge is 2.46. The Kier molecular flexibility index (Phi) is 5.34. The molecule has 2 saturated heterocycles. The molecular weight excluding hydrogens is 362 g/mol. The SMILES string of the molecule is CCCCN1CCN(Cc2coc(-c3ccccc3)n2)C2CS(=O)(=O)CC21. The van der Waals surface area contributed by atoms with Crippen LogP contribution in [0.2, 0.25) is 0 Å². The maximum Gasteiger partial charge on any atom is 0.226 e. The first-order chi connectivity index (χ1) is 13.1. The van der Waals surface area contributed by atoms with Crippen LogP contribution in [0.1, 0.15) is 25.5 Å². The van der Waals surface area contributed by atoms with Crippen molar-refractivity contribution in [2.24, 2.45) is 0 Å². The largest absolute Gasteiger partial charge is 0.444 e. The summed E-state index contributed by atoms with van der Waals surface area (Å²) in [5.41, 5.74) is 1.81. The minimum Gasteiger partial charge on any atom is -0.444 e. The van der Waals surface area contributed by atoms with Gasteiger partial charge in [-0.3, -0.25) is 9.80 Å². The van der Waals surface area contributed by atoms with E-state index < -0.39 is 9.84 Å². The fraction of sp³-hybridized carbons (Fsp3) is 0.550. The summed E-state index contributed by atoms with van der Waals surface area (Å²) in [4.78, 5) is 9.29. The molecule has 0 amide bonds. The molecule has 2 atom stereocenters. The Balaban J connectivity index is 1.49. The van der Waals surface area contributed by atoms with Gasteiger partial charge < -0.3 is 4.42 Å². The molecule has 0 radical (unpaired) electrons. The Morgan fingerprint density at radius 3 is 2.56 bits per heavy atom. The number of aromatic nitrogens is 1. The summed E-state index contributed by atoms with van der Waals surface area (Å²) < 4.78 is 30.3. The maximum atomic E-state index is 12.3. The van der Waals surface area contributed by atoms with E-state index >= 15 is 0 Å². The number of hydrogen-bond donors (Lipinski definition) is 0. The van der Waals surface area contributed by atoms with Crippen molar-refractivity contribution >= 4 is 9.84 Å². The molecule has 1 aromatic carbocycles. The summed E-state index contributed by atoms with van der Waals surface area (Å²) >= 11 is 0. The second-order valence-corrected chi connectivity index (χ2v) is 9.74. The molecule has 1 aromatic heterocycles. The van der Waals surface area contributed by atoms with Crippen LogP contribution in [-0.2, 0) is 16.4 Å². The zero-order valence-electron chi connectivity index (χ0n) is 15.8. The minimum absolute atomic E-state index is 0.0532. The van der Waals surface area contributed by atoms with Crippen LogP contribution in [0, 0.1) is 0 Å². The highest BCUT2D eigenvalue weighted by atomic mass is 32.2.